The molecule has 1 N–H and O–H groups in total. The molecule has 1 fully saturated rings. The zero-order valence-corrected chi connectivity index (χ0v) is 19.2. The summed E-state index contributed by atoms with van der Waals surface area (Å²) in [6.07, 6.45) is 13.0. The SMILES string of the molecule is Cc1ccncc1/C=C/C(=O)NC1(c2ccccc2)CN(C(=O)c2ccc3c(c2)CCC=C3)C1. The van der Waals surface area contributed by atoms with Crippen LogP contribution in [0.4, 0.5) is 0 Å². The van der Waals surface area contributed by atoms with Crippen molar-refractivity contribution in [1.82, 2.24) is 15.2 Å². The summed E-state index contributed by atoms with van der Waals surface area (Å²) in [6, 6.07) is 17.7. The van der Waals surface area contributed by atoms with E-state index >= 15 is 0 Å². The van der Waals surface area contributed by atoms with Crippen molar-refractivity contribution in [3.8, 4) is 0 Å². The molecule has 2 heterocycles. The first-order valence-electron chi connectivity index (χ1n) is 11.6. The van der Waals surface area contributed by atoms with Gasteiger partial charge in [-0.2, -0.15) is 0 Å². The molecule has 1 saturated heterocycles. The van der Waals surface area contributed by atoms with Gasteiger partial charge >= 0.3 is 0 Å². The molecular formula is C29H27N3O2. The predicted octanol–water partition coefficient (Wildman–Crippen LogP) is 4.53. The molecule has 5 rings (SSSR count). The summed E-state index contributed by atoms with van der Waals surface area (Å²) in [5.74, 6) is -0.195. The van der Waals surface area contributed by atoms with Crippen molar-refractivity contribution in [2.24, 2.45) is 0 Å². The van der Waals surface area contributed by atoms with Crippen molar-refractivity contribution >= 4 is 24.0 Å². The largest absolute Gasteiger partial charge is 0.339 e. The number of fused-ring (bicyclic) bond motifs is 1. The van der Waals surface area contributed by atoms with E-state index in [0.717, 1.165) is 29.5 Å². The molecule has 0 unspecified atom stereocenters. The van der Waals surface area contributed by atoms with Gasteiger partial charge in [-0.15, -0.1) is 0 Å². The Kier molecular flexibility index (Phi) is 5.84. The van der Waals surface area contributed by atoms with Crippen LogP contribution in [0.3, 0.4) is 0 Å². The Labute approximate surface area is 199 Å². The first-order chi connectivity index (χ1) is 16.5. The van der Waals surface area contributed by atoms with Gasteiger partial charge in [0.25, 0.3) is 5.91 Å². The Morgan fingerprint density at radius 1 is 1.09 bits per heavy atom. The summed E-state index contributed by atoms with van der Waals surface area (Å²) in [7, 11) is 0. The van der Waals surface area contributed by atoms with E-state index in [1.54, 1.807) is 18.5 Å². The number of hydrogen-bond donors (Lipinski definition) is 1. The van der Waals surface area contributed by atoms with Crippen LogP contribution in [0.25, 0.3) is 12.2 Å². The van der Waals surface area contributed by atoms with Gasteiger partial charge in [-0.3, -0.25) is 14.6 Å². The maximum absolute atomic E-state index is 13.2. The summed E-state index contributed by atoms with van der Waals surface area (Å²) in [5.41, 5.74) is 5.44. The highest BCUT2D eigenvalue weighted by atomic mass is 16.2. The van der Waals surface area contributed by atoms with E-state index in [4.69, 9.17) is 0 Å². The molecule has 0 spiro atoms. The molecule has 1 aromatic heterocycles. The first kappa shape index (κ1) is 21.8. The Balaban J connectivity index is 1.33. The molecule has 0 radical (unpaired) electrons. The molecule has 2 aromatic carbocycles. The molecule has 34 heavy (non-hydrogen) atoms. The van der Waals surface area contributed by atoms with Crippen molar-refractivity contribution < 1.29 is 9.59 Å². The monoisotopic (exact) mass is 449 g/mol. The van der Waals surface area contributed by atoms with Gasteiger partial charge in [0.2, 0.25) is 5.91 Å². The minimum Gasteiger partial charge on any atom is -0.339 e. The second kappa shape index (κ2) is 9.10. The molecular weight excluding hydrogens is 422 g/mol. The van der Waals surface area contributed by atoms with Crippen LogP contribution < -0.4 is 5.32 Å². The van der Waals surface area contributed by atoms with Crippen molar-refractivity contribution in [2.45, 2.75) is 25.3 Å². The Morgan fingerprint density at radius 2 is 1.91 bits per heavy atom. The van der Waals surface area contributed by atoms with Crippen LogP contribution in [-0.4, -0.2) is 34.8 Å². The third-order valence-electron chi connectivity index (χ3n) is 6.66. The number of likely N-dealkylation sites (tertiary alicyclic amines) is 1. The minimum atomic E-state index is -0.612. The number of amides is 2. The zero-order valence-electron chi connectivity index (χ0n) is 19.2. The van der Waals surface area contributed by atoms with Crippen molar-refractivity contribution in [1.29, 1.82) is 0 Å². The first-order valence-corrected chi connectivity index (χ1v) is 11.6. The van der Waals surface area contributed by atoms with Gasteiger partial charge in [0.1, 0.15) is 5.54 Å². The van der Waals surface area contributed by atoms with Crippen LogP contribution in [0, 0.1) is 6.92 Å². The lowest BCUT2D eigenvalue weighted by Gasteiger charge is -2.50. The van der Waals surface area contributed by atoms with E-state index in [1.165, 1.54) is 17.2 Å². The second-order valence-corrected chi connectivity index (χ2v) is 9.02. The summed E-state index contributed by atoms with van der Waals surface area (Å²) in [4.78, 5) is 32.1. The van der Waals surface area contributed by atoms with Gasteiger partial charge in [0.05, 0.1) is 13.1 Å². The summed E-state index contributed by atoms with van der Waals surface area (Å²) in [5, 5.41) is 3.17. The standard InChI is InChI=1S/C29H27N3O2/c1-21-15-16-30-18-25(21)13-14-27(33)31-29(26-9-3-2-4-10-26)19-32(20-29)28(34)24-12-11-22-7-5-6-8-23(22)17-24/h2-5,7,9-18H,6,8,19-20H2,1H3,(H,31,33)/b14-13+. The van der Waals surface area contributed by atoms with Crippen LogP contribution in [-0.2, 0) is 16.8 Å². The molecule has 0 atom stereocenters. The van der Waals surface area contributed by atoms with E-state index < -0.39 is 5.54 Å². The number of carbonyl (C=O) groups excluding carboxylic acids is 2. The van der Waals surface area contributed by atoms with Gasteiger partial charge < -0.3 is 10.2 Å². The maximum Gasteiger partial charge on any atom is 0.254 e. The topological polar surface area (TPSA) is 62.3 Å². The highest BCUT2D eigenvalue weighted by molar-refractivity contribution is 5.96. The van der Waals surface area contributed by atoms with Crippen molar-refractivity contribution in [3.63, 3.8) is 0 Å². The highest BCUT2D eigenvalue weighted by Crippen LogP contribution is 2.33. The number of allylic oxidation sites excluding steroid dienone is 1. The molecule has 1 aliphatic carbocycles. The fraction of sp³-hybridized carbons (Fsp3) is 0.207. The molecule has 1 aliphatic heterocycles. The number of aryl methyl sites for hydroxylation is 2. The van der Waals surface area contributed by atoms with Crippen LogP contribution in [0.15, 0.2) is 79.1 Å². The van der Waals surface area contributed by atoms with Crippen LogP contribution in [0.1, 0.15) is 44.6 Å². The fourth-order valence-corrected chi connectivity index (χ4v) is 4.68. The molecule has 0 bridgehead atoms. The maximum atomic E-state index is 13.2. The lowest BCUT2D eigenvalue weighted by Crippen LogP contribution is -2.68. The van der Waals surface area contributed by atoms with Crippen LogP contribution >= 0.6 is 0 Å². The number of benzene rings is 2. The van der Waals surface area contributed by atoms with E-state index in [2.05, 4.69) is 22.5 Å². The zero-order chi connectivity index (χ0) is 23.5. The summed E-state index contributed by atoms with van der Waals surface area (Å²) < 4.78 is 0. The third-order valence-corrected chi connectivity index (χ3v) is 6.66. The summed E-state index contributed by atoms with van der Waals surface area (Å²) in [6.45, 7) is 2.84. The second-order valence-electron chi connectivity index (χ2n) is 9.02. The average molecular weight is 450 g/mol. The van der Waals surface area contributed by atoms with Gasteiger partial charge in [0, 0.05) is 24.0 Å². The molecule has 0 saturated carbocycles. The Bertz CT molecular complexity index is 1290. The van der Waals surface area contributed by atoms with E-state index in [1.807, 2.05) is 66.4 Å². The molecule has 2 amide bonds. The smallest absolute Gasteiger partial charge is 0.254 e. The number of nitrogens with one attached hydrogen (secondary N) is 1. The number of nitrogens with zero attached hydrogens (tertiary/aromatic N) is 2. The molecule has 3 aromatic rings. The van der Waals surface area contributed by atoms with E-state index in [0.29, 0.717) is 18.7 Å². The van der Waals surface area contributed by atoms with E-state index in [-0.39, 0.29) is 11.8 Å². The van der Waals surface area contributed by atoms with Crippen LogP contribution in [0.2, 0.25) is 0 Å². The van der Waals surface area contributed by atoms with Crippen molar-refractivity contribution in [2.75, 3.05) is 13.1 Å². The highest BCUT2D eigenvalue weighted by Gasteiger charge is 2.47. The van der Waals surface area contributed by atoms with E-state index in [9.17, 15) is 9.59 Å². The van der Waals surface area contributed by atoms with Crippen LogP contribution in [0.5, 0.6) is 0 Å². The van der Waals surface area contributed by atoms with Crippen molar-refractivity contribution in [3.05, 3.63) is 113 Å². The van der Waals surface area contributed by atoms with Gasteiger partial charge in [0.15, 0.2) is 0 Å². The number of hydrogen-bond acceptors (Lipinski definition) is 3. The number of aromatic nitrogens is 1. The molecule has 170 valence electrons. The lowest BCUT2D eigenvalue weighted by atomic mass is 9.81. The molecule has 5 heteroatoms. The minimum absolute atomic E-state index is 0.000292. The summed E-state index contributed by atoms with van der Waals surface area (Å²) >= 11 is 0. The fourth-order valence-electron chi connectivity index (χ4n) is 4.68. The van der Waals surface area contributed by atoms with Gasteiger partial charge in [-0.1, -0.05) is 48.6 Å². The van der Waals surface area contributed by atoms with Gasteiger partial charge in [-0.05, 0) is 71.9 Å². The average Bonchev–Trinajstić information content (AvgIpc) is 2.85. The molecule has 2 aliphatic rings. The Morgan fingerprint density at radius 3 is 2.71 bits per heavy atom. The number of pyridine rings is 1. The quantitative estimate of drug-likeness (QED) is 0.582. The lowest BCUT2D eigenvalue weighted by molar-refractivity contribution is -0.120. The predicted molar refractivity (Wildman–Crippen MR) is 134 cm³/mol. The normalized spacial score (nSPS) is 16.1. The third kappa shape index (κ3) is 4.29. The number of rotatable bonds is 5. The number of carbonyl (C=O) groups is 2. The van der Waals surface area contributed by atoms with Gasteiger partial charge in [-0.25, -0.2) is 0 Å². The Hall–Kier alpha value is -3.99. The molecule has 5 nitrogen and oxygen atoms in total.